The fraction of sp³-hybridized carbons (Fsp3) is 0.200. The van der Waals surface area contributed by atoms with Crippen LogP contribution in [0.3, 0.4) is 0 Å². The lowest BCUT2D eigenvalue weighted by Crippen LogP contribution is -2.28. The van der Waals surface area contributed by atoms with Crippen molar-refractivity contribution in [1.82, 2.24) is 15.0 Å². The molecule has 0 aliphatic carbocycles. The van der Waals surface area contributed by atoms with Crippen LogP contribution in [-0.4, -0.2) is 39.5 Å². The molecule has 2 aromatic heterocycles. The zero-order valence-corrected chi connectivity index (χ0v) is 16.0. The molecule has 1 amide bonds. The van der Waals surface area contributed by atoms with Crippen LogP contribution >= 0.6 is 11.8 Å². The first-order valence-corrected chi connectivity index (χ1v) is 9.70. The maximum atomic E-state index is 12.9. The van der Waals surface area contributed by atoms with Crippen molar-refractivity contribution in [2.75, 3.05) is 12.9 Å². The Morgan fingerprint density at radius 1 is 1.21 bits per heavy atom. The van der Waals surface area contributed by atoms with Gasteiger partial charge in [-0.05, 0) is 48.0 Å². The lowest BCUT2D eigenvalue weighted by atomic mass is 10.0. The molecule has 8 heteroatoms. The molecule has 3 heterocycles. The summed E-state index contributed by atoms with van der Waals surface area (Å²) in [6.45, 7) is 0. The number of furan rings is 1. The normalized spacial score (nSPS) is 16.1. The molecule has 142 valence electrons. The number of hydrazone groups is 1. The number of ether oxygens (including phenoxy) is 1. The largest absolute Gasteiger partial charge is 0.497 e. The Labute approximate surface area is 166 Å². The number of hydrogen-bond acceptors (Lipinski definition) is 7. The van der Waals surface area contributed by atoms with Crippen molar-refractivity contribution < 1.29 is 13.9 Å². The second-order valence-electron chi connectivity index (χ2n) is 6.07. The summed E-state index contributed by atoms with van der Waals surface area (Å²) in [5.41, 5.74) is 1.78. The van der Waals surface area contributed by atoms with Gasteiger partial charge in [0, 0.05) is 18.8 Å². The van der Waals surface area contributed by atoms with Crippen molar-refractivity contribution in [2.45, 2.75) is 17.6 Å². The van der Waals surface area contributed by atoms with Gasteiger partial charge in [-0.3, -0.25) is 4.79 Å². The van der Waals surface area contributed by atoms with Crippen LogP contribution in [0, 0.1) is 0 Å². The zero-order chi connectivity index (χ0) is 19.3. The molecule has 4 rings (SSSR count). The van der Waals surface area contributed by atoms with Crippen molar-refractivity contribution in [1.29, 1.82) is 0 Å². The monoisotopic (exact) mass is 394 g/mol. The van der Waals surface area contributed by atoms with Gasteiger partial charge in [0.1, 0.15) is 17.6 Å². The highest BCUT2D eigenvalue weighted by molar-refractivity contribution is 7.99. The summed E-state index contributed by atoms with van der Waals surface area (Å²) in [6, 6.07) is 12.8. The number of hydrogen-bond donors (Lipinski definition) is 0. The van der Waals surface area contributed by atoms with Crippen LogP contribution in [-0.2, 0) is 4.79 Å². The van der Waals surface area contributed by atoms with E-state index in [0.29, 0.717) is 17.3 Å². The summed E-state index contributed by atoms with van der Waals surface area (Å²) in [7, 11) is 1.63. The van der Waals surface area contributed by atoms with Gasteiger partial charge in [-0.15, -0.1) is 0 Å². The van der Waals surface area contributed by atoms with Crippen molar-refractivity contribution >= 4 is 23.4 Å². The van der Waals surface area contributed by atoms with Crippen LogP contribution in [0.1, 0.15) is 23.8 Å². The molecular formula is C20H18N4O3S. The highest BCUT2D eigenvalue weighted by atomic mass is 32.2. The average Bonchev–Trinajstić information content (AvgIpc) is 3.42. The number of amides is 1. The molecule has 3 aromatic rings. The topological polar surface area (TPSA) is 80.8 Å². The standard InChI is InChI=1S/C20H18N4O3S/c1-26-15-7-5-14(6-8-15)16-12-17(18-4-2-11-27-18)24(23-16)19(25)13-28-20-21-9-3-10-22-20/h2-11,17H,12-13H2,1H3/t17-/m1/s1. The van der Waals surface area contributed by atoms with E-state index in [0.717, 1.165) is 17.0 Å². The van der Waals surface area contributed by atoms with Crippen LogP contribution in [0.25, 0.3) is 0 Å². The number of carbonyl (C=O) groups is 1. The van der Waals surface area contributed by atoms with E-state index >= 15 is 0 Å². The Bertz CT molecular complexity index is 959. The second-order valence-corrected chi connectivity index (χ2v) is 7.01. The summed E-state index contributed by atoms with van der Waals surface area (Å²) in [6.07, 6.45) is 5.50. The number of nitrogens with zero attached hydrogens (tertiary/aromatic N) is 4. The van der Waals surface area contributed by atoms with Crippen molar-refractivity contribution in [3.8, 4) is 5.75 Å². The van der Waals surface area contributed by atoms with Crippen molar-refractivity contribution in [3.05, 3.63) is 72.4 Å². The minimum atomic E-state index is -0.267. The molecule has 0 radical (unpaired) electrons. The van der Waals surface area contributed by atoms with Gasteiger partial charge < -0.3 is 9.15 Å². The Morgan fingerprint density at radius 2 is 2.00 bits per heavy atom. The lowest BCUT2D eigenvalue weighted by molar-refractivity contribution is -0.130. The molecule has 1 aromatic carbocycles. The number of aromatic nitrogens is 2. The number of benzene rings is 1. The molecule has 28 heavy (non-hydrogen) atoms. The van der Waals surface area contributed by atoms with Gasteiger partial charge in [-0.1, -0.05) is 11.8 Å². The summed E-state index contributed by atoms with van der Waals surface area (Å²) in [5, 5.41) is 6.68. The molecule has 0 saturated carbocycles. The van der Waals surface area contributed by atoms with E-state index in [1.807, 2.05) is 36.4 Å². The van der Waals surface area contributed by atoms with E-state index in [9.17, 15) is 4.79 Å². The van der Waals surface area contributed by atoms with E-state index in [1.165, 1.54) is 16.8 Å². The summed E-state index contributed by atoms with van der Waals surface area (Å²) in [5.74, 6) is 1.56. The number of methoxy groups -OCH3 is 1. The van der Waals surface area contributed by atoms with Crippen LogP contribution < -0.4 is 4.74 Å². The van der Waals surface area contributed by atoms with E-state index in [2.05, 4.69) is 15.1 Å². The molecule has 0 bridgehead atoms. The minimum absolute atomic E-state index is 0.123. The second kappa shape index (κ2) is 8.26. The summed E-state index contributed by atoms with van der Waals surface area (Å²) in [4.78, 5) is 21.2. The Kier molecular flexibility index (Phi) is 5.38. The molecule has 1 atom stereocenters. The molecule has 0 saturated heterocycles. The number of carbonyl (C=O) groups excluding carboxylic acids is 1. The third-order valence-corrected chi connectivity index (χ3v) is 5.19. The summed E-state index contributed by atoms with van der Waals surface area (Å²) < 4.78 is 10.8. The molecule has 1 aliphatic heterocycles. The molecular weight excluding hydrogens is 376 g/mol. The molecule has 7 nitrogen and oxygen atoms in total. The van der Waals surface area contributed by atoms with Crippen molar-refractivity contribution in [2.24, 2.45) is 5.10 Å². The van der Waals surface area contributed by atoms with Gasteiger partial charge in [-0.2, -0.15) is 5.10 Å². The minimum Gasteiger partial charge on any atom is -0.497 e. The SMILES string of the molecule is COc1ccc(C2=NN(C(=O)CSc3ncccn3)[C@@H](c3ccco3)C2)cc1. The summed E-state index contributed by atoms with van der Waals surface area (Å²) >= 11 is 1.29. The Balaban J connectivity index is 1.55. The van der Waals surface area contributed by atoms with Gasteiger partial charge in [0.15, 0.2) is 5.16 Å². The molecule has 0 fully saturated rings. The van der Waals surface area contributed by atoms with Crippen LogP contribution in [0.2, 0.25) is 0 Å². The highest BCUT2D eigenvalue weighted by Crippen LogP contribution is 2.34. The highest BCUT2D eigenvalue weighted by Gasteiger charge is 2.34. The molecule has 1 aliphatic rings. The Morgan fingerprint density at radius 3 is 2.68 bits per heavy atom. The third-order valence-electron chi connectivity index (χ3n) is 4.33. The zero-order valence-electron chi connectivity index (χ0n) is 15.2. The van der Waals surface area contributed by atoms with Gasteiger partial charge >= 0.3 is 0 Å². The number of rotatable bonds is 6. The molecule has 0 N–H and O–H groups in total. The third kappa shape index (κ3) is 3.91. The van der Waals surface area contributed by atoms with Gasteiger partial charge in [0.05, 0.1) is 24.8 Å². The van der Waals surface area contributed by atoms with Crippen molar-refractivity contribution in [3.63, 3.8) is 0 Å². The average molecular weight is 394 g/mol. The lowest BCUT2D eigenvalue weighted by Gasteiger charge is -2.19. The fourth-order valence-corrected chi connectivity index (χ4v) is 3.61. The van der Waals surface area contributed by atoms with E-state index < -0.39 is 0 Å². The van der Waals surface area contributed by atoms with E-state index in [4.69, 9.17) is 9.15 Å². The van der Waals surface area contributed by atoms with Gasteiger partial charge in [0.25, 0.3) is 5.91 Å². The molecule has 0 unspecified atom stereocenters. The van der Waals surface area contributed by atoms with Crippen LogP contribution in [0.5, 0.6) is 5.75 Å². The maximum absolute atomic E-state index is 12.9. The van der Waals surface area contributed by atoms with E-state index in [-0.39, 0.29) is 17.7 Å². The smallest absolute Gasteiger partial charge is 0.253 e. The Hall–Kier alpha value is -3.13. The first-order chi connectivity index (χ1) is 13.7. The number of thioether (sulfide) groups is 1. The predicted octanol–water partition coefficient (Wildman–Crippen LogP) is 3.55. The van der Waals surface area contributed by atoms with Crippen LogP contribution in [0.15, 0.2) is 75.8 Å². The molecule has 0 spiro atoms. The first kappa shape index (κ1) is 18.2. The van der Waals surface area contributed by atoms with Gasteiger partial charge in [-0.25, -0.2) is 15.0 Å². The maximum Gasteiger partial charge on any atom is 0.253 e. The quantitative estimate of drug-likeness (QED) is 0.470. The first-order valence-electron chi connectivity index (χ1n) is 8.72. The van der Waals surface area contributed by atoms with Crippen LogP contribution in [0.4, 0.5) is 0 Å². The van der Waals surface area contributed by atoms with Gasteiger partial charge in [0.2, 0.25) is 0 Å². The predicted molar refractivity (Wildman–Crippen MR) is 105 cm³/mol. The van der Waals surface area contributed by atoms with E-state index in [1.54, 1.807) is 31.8 Å². The fourth-order valence-electron chi connectivity index (χ4n) is 2.95.